The normalized spacial score (nSPS) is 9.88. The maximum atomic E-state index is 11.4. The van der Waals surface area contributed by atoms with E-state index in [1.807, 2.05) is 0 Å². The Balaban J connectivity index is 2.61. The first kappa shape index (κ1) is 12.6. The van der Waals surface area contributed by atoms with Crippen molar-refractivity contribution in [3.05, 3.63) is 18.2 Å². The monoisotopic (exact) mass is 243 g/mol. The second-order valence-corrected chi connectivity index (χ2v) is 3.61. The van der Waals surface area contributed by atoms with Gasteiger partial charge in [0, 0.05) is 24.1 Å². The number of methoxy groups -OCH3 is 1. The highest BCUT2D eigenvalue weighted by Crippen LogP contribution is 2.28. The molecule has 0 unspecified atom stereocenters. The summed E-state index contributed by atoms with van der Waals surface area (Å²) in [6.07, 6.45) is 1.01. The van der Waals surface area contributed by atoms with Gasteiger partial charge in [0.15, 0.2) is 11.5 Å². The standard InChI is InChI=1S/C11H14ClNO3/c1-16-10-5-4-8(7-9(10)14)13-11(15)3-2-6-12/h4-5,7,14H,2-3,6H2,1H3,(H,13,15). The zero-order valence-electron chi connectivity index (χ0n) is 9.00. The number of carbonyl (C=O) groups excluding carboxylic acids is 1. The van der Waals surface area contributed by atoms with Gasteiger partial charge < -0.3 is 15.2 Å². The fraction of sp³-hybridized carbons (Fsp3) is 0.364. The van der Waals surface area contributed by atoms with Crippen LogP contribution in [-0.4, -0.2) is 24.0 Å². The summed E-state index contributed by atoms with van der Waals surface area (Å²) in [5.41, 5.74) is 0.540. The number of halogens is 1. The SMILES string of the molecule is COc1ccc(NC(=O)CCCCl)cc1O. The number of phenolic OH excluding ortho intramolecular Hbond substituents is 1. The van der Waals surface area contributed by atoms with Crippen LogP contribution in [-0.2, 0) is 4.79 Å². The number of benzene rings is 1. The minimum atomic E-state index is -0.120. The van der Waals surface area contributed by atoms with Gasteiger partial charge in [0.25, 0.3) is 0 Å². The Morgan fingerprint density at radius 1 is 1.56 bits per heavy atom. The predicted molar refractivity (Wildman–Crippen MR) is 63.2 cm³/mol. The first-order chi connectivity index (χ1) is 7.67. The van der Waals surface area contributed by atoms with Crippen LogP contribution >= 0.6 is 11.6 Å². The van der Waals surface area contributed by atoms with Crippen LogP contribution in [0.1, 0.15) is 12.8 Å². The summed E-state index contributed by atoms with van der Waals surface area (Å²) >= 11 is 5.48. The lowest BCUT2D eigenvalue weighted by Crippen LogP contribution is -2.11. The maximum Gasteiger partial charge on any atom is 0.224 e. The van der Waals surface area contributed by atoms with Crippen LogP contribution in [0.3, 0.4) is 0 Å². The van der Waals surface area contributed by atoms with Gasteiger partial charge in [-0.2, -0.15) is 0 Å². The van der Waals surface area contributed by atoms with Gasteiger partial charge in [-0.05, 0) is 18.6 Å². The van der Waals surface area contributed by atoms with Gasteiger partial charge in [-0.25, -0.2) is 0 Å². The molecule has 0 radical (unpaired) electrons. The first-order valence-electron chi connectivity index (χ1n) is 4.90. The summed E-state index contributed by atoms with van der Waals surface area (Å²) < 4.78 is 4.89. The van der Waals surface area contributed by atoms with Crippen molar-refractivity contribution < 1.29 is 14.6 Å². The molecule has 0 atom stereocenters. The molecule has 1 aromatic carbocycles. The first-order valence-corrected chi connectivity index (χ1v) is 5.43. The Bertz CT molecular complexity index is 368. The molecule has 0 spiro atoms. The Hall–Kier alpha value is -1.42. The molecule has 0 saturated heterocycles. The van der Waals surface area contributed by atoms with Crippen LogP contribution in [0.5, 0.6) is 11.5 Å². The molecule has 1 rings (SSSR count). The molecule has 0 saturated carbocycles. The van der Waals surface area contributed by atoms with Gasteiger partial charge in [0.1, 0.15) is 0 Å². The predicted octanol–water partition coefficient (Wildman–Crippen LogP) is 2.36. The van der Waals surface area contributed by atoms with E-state index in [1.54, 1.807) is 12.1 Å². The zero-order chi connectivity index (χ0) is 12.0. The van der Waals surface area contributed by atoms with E-state index in [0.29, 0.717) is 30.2 Å². The van der Waals surface area contributed by atoms with Gasteiger partial charge >= 0.3 is 0 Å². The summed E-state index contributed by atoms with van der Waals surface area (Å²) in [5.74, 6) is 0.711. The lowest BCUT2D eigenvalue weighted by atomic mass is 10.2. The Kier molecular flexibility index (Phi) is 4.92. The number of phenols is 1. The smallest absolute Gasteiger partial charge is 0.224 e. The van der Waals surface area contributed by atoms with E-state index in [1.165, 1.54) is 13.2 Å². The van der Waals surface area contributed by atoms with Crippen molar-refractivity contribution in [1.82, 2.24) is 0 Å². The molecule has 0 aliphatic rings. The largest absolute Gasteiger partial charge is 0.504 e. The lowest BCUT2D eigenvalue weighted by molar-refractivity contribution is -0.116. The number of carbonyl (C=O) groups is 1. The van der Waals surface area contributed by atoms with Crippen LogP contribution < -0.4 is 10.1 Å². The van der Waals surface area contributed by atoms with Crippen molar-refractivity contribution in [3.8, 4) is 11.5 Å². The van der Waals surface area contributed by atoms with Gasteiger partial charge in [0.2, 0.25) is 5.91 Å². The van der Waals surface area contributed by atoms with Crippen molar-refractivity contribution in [2.24, 2.45) is 0 Å². The Morgan fingerprint density at radius 3 is 2.88 bits per heavy atom. The highest BCUT2D eigenvalue weighted by atomic mass is 35.5. The van der Waals surface area contributed by atoms with Gasteiger partial charge in [0.05, 0.1) is 7.11 Å². The van der Waals surface area contributed by atoms with Gasteiger partial charge in [-0.3, -0.25) is 4.79 Å². The quantitative estimate of drug-likeness (QED) is 0.781. The number of nitrogens with one attached hydrogen (secondary N) is 1. The molecule has 1 aromatic rings. The maximum absolute atomic E-state index is 11.4. The van der Waals surface area contributed by atoms with Crippen molar-refractivity contribution in [2.75, 3.05) is 18.3 Å². The van der Waals surface area contributed by atoms with E-state index in [9.17, 15) is 9.90 Å². The summed E-state index contributed by atoms with van der Waals surface area (Å²) in [6, 6.07) is 4.70. The number of alkyl halides is 1. The van der Waals surface area contributed by atoms with Crippen LogP contribution in [0.4, 0.5) is 5.69 Å². The number of ether oxygens (including phenoxy) is 1. The molecule has 5 heteroatoms. The molecule has 1 amide bonds. The molecule has 0 aliphatic heterocycles. The number of hydrogen-bond donors (Lipinski definition) is 2. The molecule has 2 N–H and O–H groups in total. The highest BCUT2D eigenvalue weighted by Gasteiger charge is 2.05. The molecule has 16 heavy (non-hydrogen) atoms. The van der Waals surface area contributed by atoms with E-state index in [-0.39, 0.29) is 11.7 Å². The second kappa shape index (κ2) is 6.23. The van der Waals surface area contributed by atoms with Crippen LogP contribution in [0.25, 0.3) is 0 Å². The van der Waals surface area contributed by atoms with Crippen LogP contribution in [0.2, 0.25) is 0 Å². The average molecular weight is 244 g/mol. The number of amides is 1. The third-order valence-electron chi connectivity index (χ3n) is 2.00. The summed E-state index contributed by atoms with van der Waals surface area (Å²) in [4.78, 5) is 11.4. The van der Waals surface area contributed by atoms with Crippen LogP contribution in [0, 0.1) is 0 Å². The minimum Gasteiger partial charge on any atom is -0.504 e. The van der Waals surface area contributed by atoms with E-state index >= 15 is 0 Å². The summed E-state index contributed by atoms with van der Waals surface area (Å²) in [5, 5.41) is 12.1. The fourth-order valence-corrected chi connectivity index (χ4v) is 1.35. The van der Waals surface area contributed by atoms with Crippen molar-refractivity contribution in [3.63, 3.8) is 0 Å². The van der Waals surface area contributed by atoms with Gasteiger partial charge in [-0.1, -0.05) is 0 Å². The number of hydrogen-bond acceptors (Lipinski definition) is 3. The Morgan fingerprint density at radius 2 is 2.31 bits per heavy atom. The van der Waals surface area contributed by atoms with Crippen molar-refractivity contribution >= 4 is 23.2 Å². The molecule has 88 valence electrons. The summed E-state index contributed by atoms with van der Waals surface area (Å²) in [7, 11) is 1.47. The Labute approximate surface area is 99.2 Å². The second-order valence-electron chi connectivity index (χ2n) is 3.23. The molecule has 4 nitrogen and oxygen atoms in total. The third kappa shape index (κ3) is 3.62. The van der Waals surface area contributed by atoms with Crippen molar-refractivity contribution in [2.45, 2.75) is 12.8 Å². The highest BCUT2D eigenvalue weighted by molar-refractivity contribution is 6.18. The average Bonchev–Trinajstić information content (AvgIpc) is 2.26. The molecule has 0 bridgehead atoms. The lowest BCUT2D eigenvalue weighted by Gasteiger charge is -2.07. The molecule has 0 heterocycles. The topological polar surface area (TPSA) is 58.6 Å². The molecule has 0 fully saturated rings. The van der Waals surface area contributed by atoms with E-state index in [2.05, 4.69) is 5.32 Å². The fourth-order valence-electron chi connectivity index (χ4n) is 1.22. The van der Waals surface area contributed by atoms with Crippen LogP contribution in [0.15, 0.2) is 18.2 Å². The van der Waals surface area contributed by atoms with E-state index in [4.69, 9.17) is 16.3 Å². The number of rotatable bonds is 5. The third-order valence-corrected chi connectivity index (χ3v) is 2.27. The molecular formula is C11H14ClNO3. The zero-order valence-corrected chi connectivity index (χ0v) is 9.75. The van der Waals surface area contributed by atoms with E-state index < -0.39 is 0 Å². The minimum absolute atomic E-state index is 0.00218. The van der Waals surface area contributed by atoms with Crippen molar-refractivity contribution in [1.29, 1.82) is 0 Å². The number of anilines is 1. The molecular weight excluding hydrogens is 230 g/mol. The molecule has 0 aliphatic carbocycles. The van der Waals surface area contributed by atoms with E-state index in [0.717, 1.165) is 0 Å². The number of aromatic hydroxyl groups is 1. The van der Waals surface area contributed by atoms with Gasteiger partial charge in [-0.15, -0.1) is 11.6 Å². The summed E-state index contributed by atoms with van der Waals surface area (Å²) in [6.45, 7) is 0. The molecule has 0 aromatic heterocycles.